The van der Waals surface area contributed by atoms with Gasteiger partial charge in [0.2, 0.25) is 5.91 Å². The van der Waals surface area contributed by atoms with E-state index in [0.29, 0.717) is 0 Å². The largest absolute Gasteiger partial charge is 0.361 e. The molecule has 0 aliphatic carbocycles. The molecule has 4 rings (SSSR count). The average molecular weight is 480 g/mol. The molecule has 0 bridgehead atoms. The van der Waals surface area contributed by atoms with E-state index in [9.17, 15) is 4.79 Å². The number of para-hydroxylation sites is 1. The maximum absolute atomic E-state index is 14.4. The van der Waals surface area contributed by atoms with Crippen molar-refractivity contribution in [2.24, 2.45) is 0 Å². The Morgan fingerprint density at radius 2 is 1.85 bits per heavy atom. The van der Waals surface area contributed by atoms with Crippen LogP contribution in [0.4, 0.5) is 5.69 Å². The van der Waals surface area contributed by atoms with Crippen molar-refractivity contribution in [2.75, 3.05) is 24.5 Å². The molecule has 0 radical (unpaired) electrons. The smallest absolute Gasteiger partial charge is 0.244 e. The van der Waals surface area contributed by atoms with E-state index in [0.717, 1.165) is 74.4 Å². The fraction of sp³-hybridized carbons (Fsp3) is 0.483. The van der Waals surface area contributed by atoms with Gasteiger partial charge in [0, 0.05) is 40.3 Å². The zero-order valence-corrected chi connectivity index (χ0v) is 21.6. The van der Waals surface area contributed by atoms with Gasteiger partial charge in [-0.15, -0.1) is 0 Å². The highest BCUT2D eigenvalue weighted by atomic mass is 35.5. The number of amides is 1. The number of aryl methyl sites for hydroxylation is 1. The number of aromatic amines is 1. The number of H-pyrrole nitrogens is 1. The lowest BCUT2D eigenvalue weighted by Crippen LogP contribution is -2.53. The molecule has 0 fully saturated rings. The summed E-state index contributed by atoms with van der Waals surface area (Å²) in [6, 6.07) is 14.2. The quantitative estimate of drug-likeness (QED) is 0.334. The Bertz CT molecular complexity index is 1100. The minimum Gasteiger partial charge on any atom is -0.361 e. The van der Waals surface area contributed by atoms with Crippen molar-refractivity contribution in [2.45, 2.75) is 71.3 Å². The van der Waals surface area contributed by atoms with Crippen LogP contribution in [0.25, 0.3) is 10.9 Å². The number of hydrogen-bond donors (Lipinski definition) is 1. The Hall–Kier alpha value is -2.30. The standard InChI is InChI=1S/C29H38ClN3O/c1-4-6-16-32(17-7-5-2)28(21(3)25-20-31-26-13-9-8-12-24(25)26)29(34)33-18-10-11-22-19-23(30)14-15-27(22)33/h8-9,12-15,19-21,28,31H,4-7,10-11,16-18H2,1-3H3. The third-order valence-electron chi connectivity index (χ3n) is 7.26. The van der Waals surface area contributed by atoms with Gasteiger partial charge in [-0.1, -0.05) is 63.4 Å². The predicted octanol–water partition coefficient (Wildman–Crippen LogP) is 7.18. The van der Waals surface area contributed by atoms with Crippen molar-refractivity contribution >= 4 is 34.1 Å². The molecule has 2 atom stereocenters. The highest BCUT2D eigenvalue weighted by Gasteiger charge is 2.37. The van der Waals surface area contributed by atoms with Gasteiger partial charge in [0.25, 0.3) is 0 Å². The highest BCUT2D eigenvalue weighted by Crippen LogP contribution is 2.35. The number of halogens is 1. The van der Waals surface area contributed by atoms with Gasteiger partial charge in [0.15, 0.2) is 0 Å². The Balaban J connectivity index is 1.75. The second-order valence-electron chi connectivity index (χ2n) is 9.63. The van der Waals surface area contributed by atoms with Crippen LogP contribution in [-0.2, 0) is 11.2 Å². The molecule has 2 unspecified atom stereocenters. The van der Waals surface area contributed by atoms with Gasteiger partial charge >= 0.3 is 0 Å². The van der Waals surface area contributed by atoms with Gasteiger partial charge < -0.3 is 9.88 Å². The normalized spacial score (nSPS) is 15.5. The van der Waals surface area contributed by atoms with Crippen LogP contribution in [0.2, 0.25) is 5.02 Å². The predicted molar refractivity (Wildman–Crippen MR) is 144 cm³/mol. The number of benzene rings is 2. The first-order valence-corrected chi connectivity index (χ1v) is 13.3. The summed E-state index contributed by atoms with van der Waals surface area (Å²) < 4.78 is 0. The summed E-state index contributed by atoms with van der Waals surface area (Å²) >= 11 is 6.29. The first-order chi connectivity index (χ1) is 16.5. The molecule has 3 aromatic rings. The lowest BCUT2D eigenvalue weighted by atomic mass is 9.89. The molecule has 0 saturated heterocycles. The van der Waals surface area contributed by atoms with Crippen molar-refractivity contribution in [3.8, 4) is 0 Å². The van der Waals surface area contributed by atoms with E-state index >= 15 is 0 Å². The summed E-state index contributed by atoms with van der Waals surface area (Å²) in [7, 11) is 0. The number of fused-ring (bicyclic) bond motifs is 2. The van der Waals surface area contributed by atoms with Gasteiger partial charge in [0.05, 0.1) is 6.04 Å². The molecule has 1 amide bonds. The molecule has 2 aromatic carbocycles. The summed E-state index contributed by atoms with van der Waals surface area (Å²) in [6.45, 7) is 9.34. The summed E-state index contributed by atoms with van der Waals surface area (Å²) in [5.74, 6) is 0.281. The number of carbonyl (C=O) groups excluding carboxylic acids is 1. The zero-order valence-electron chi connectivity index (χ0n) is 20.8. The van der Waals surface area contributed by atoms with E-state index in [2.05, 4.69) is 61.1 Å². The molecular formula is C29H38ClN3O. The van der Waals surface area contributed by atoms with E-state index < -0.39 is 0 Å². The van der Waals surface area contributed by atoms with Crippen molar-refractivity contribution in [3.63, 3.8) is 0 Å². The van der Waals surface area contributed by atoms with Crippen LogP contribution in [0, 0.1) is 0 Å². The van der Waals surface area contributed by atoms with Crippen LogP contribution < -0.4 is 4.90 Å². The second-order valence-corrected chi connectivity index (χ2v) is 10.1. The van der Waals surface area contributed by atoms with E-state index in [1.54, 1.807) is 0 Å². The van der Waals surface area contributed by atoms with Gasteiger partial charge in [-0.05, 0) is 74.2 Å². The minimum absolute atomic E-state index is 0.0649. The van der Waals surface area contributed by atoms with E-state index in [1.165, 1.54) is 16.5 Å². The summed E-state index contributed by atoms with van der Waals surface area (Å²) in [6.07, 6.45) is 8.49. The number of nitrogens with zero attached hydrogens (tertiary/aromatic N) is 2. The minimum atomic E-state index is -0.209. The fourth-order valence-electron chi connectivity index (χ4n) is 5.39. The lowest BCUT2D eigenvalue weighted by Gasteiger charge is -2.40. The van der Waals surface area contributed by atoms with Gasteiger partial charge in [-0.25, -0.2) is 0 Å². The first kappa shape index (κ1) is 24.8. The Morgan fingerprint density at radius 3 is 2.59 bits per heavy atom. The second kappa shape index (κ2) is 11.4. The average Bonchev–Trinajstić information content (AvgIpc) is 3.29. The monoisotopic (exact) mass is 479 g/mol. The number of rotatable bonds is 10. The zero-order chi connectivity index (χ0) is 24.1. The molecule has 1 aliphatic heterocycles. The Morgan fingerprint density at radius 1 is 1.12 bits per heavy atom. The highest BCUT2D eigenvalue weighted by molar-refractivity contribution is 6.30. The summed E-state index contributed by atoms with van der Waals surface area (Å²) in [4.78, 5) is 22.4. The lowest BCUT2D eigenvalue weighted by molar-refractivity contribution is -0.124. The van der Waals surface area contributed by atoms with Crippen molar-refractivity contribution in [3.05, 3.63) is 64.8 Å². The van der Waals surface area contributed by atoms with Crippen molar-refractivity contribution in [1.29, 1.82) is 0 Å². The van der Waals surface area contributed by atoms with Crippen molar-refractivity contribution in [1.82, 2.24) is 9.88 Å². The molecule has 0 saturated carbocycles. The third kappa shape index (κ3) is 5.18. The van der Waals surface area contributed by atoms with Crippen LogP contribution in [-0.4, -0.2) is 41.5 Å². The number of hydrogen-bond acceptors (Lipinski definition) is 2. The fourth-order valence-corrected chi connectivity index (χ4v) is 5.59. The molecular weight excluding hydrogens is 442 g/mol. The first-order valence-electron chi connectivity index (χ1n) is 12.9. The third-order valence-corrected chi connectivity index (χ3v) is 7.49. The molecule has 1 aliphatic rings. The Kier molecular flexibility index (Phi) is 8.33. The molecule has 1 N–H and O–H groups in total. The summed E-state index contributed by atoms with van der Waals surface area (Å²) in [5, 5.41) is 1.95. The molecule has 1 aromatic heterocycles. The molecule has 34 heavy (non-hydrogen) atoms. The summed E-state index contributed by atoms with van der Waals surface area (Å²) in [5.41, 5.74) is 4.56. The maximum Gasteiger partial charge on any atom is 0.244 e. The van der Waals surface area contributed by atoms with Gasteiger partial charge in [-0.3, -0.25) is 9.69 Å². The van der Waals surface area contributed by atoms with E-state index in [1.807, 2.05) is 23.1 Å². The maximum atomic E-state index is 14.4. The van der Waals surface area contributed by atoms with Gasteiger partial charge in [0.1, 0.15) is 0 Å². The Labute approximate surface area is 209 Å². The van der Waals surface area contributed by atoms with Gasteiger partial charge in [-0.2, -0.15) is 0 Å². The van der Waals surface area contributed by atoms with E-state index in [-0.39, 0.29) is 17.9 Å². The van der Waals surface area contributed by atoms with E-state index in [4.69, 9.17) is 11.6 Å². The molecule has 4 nitrogen and oxygen atoms in total. The number of nitrogens with one attached hydrogen (secondary N) is 1. The number of unbranched alkanes of at least 4 members (excludes halogenated alkanes) is 2. The van der Waals surface area contributed by atoms with Crippen molar-refractivity contribution < 1.29 is 4.79 Å². The van der Waals surface area contributed by atoms with Crippen LogP contribution >= 0.6 is 11.6 Å². The number of anilines is 1. The van der Waals surface area contributed by atoms with Crippen LogP contribution in [0.1, 0.15) is 69.9 Å². The molecule has 182 valence electrons. The number of carbonyl (C=O) groups is 1. The van der Waals surface area contributed by atoms with Crippen LogP contribution in [0.15, 0.2) is 48.7 Å². The molecule has 0 spiro atoms. The number of aromatic nitrogens is 1. The topological polar surface area (TPSA) is 39.3 Å². The van der Waals surface area contributed by atoms with Crippen LogP contribution in [0.5, 0.6) is 0 Å². The molecule has 2 heterocycles. The molecule has 5 heteroatoms. The SMILES string of the molecule is CCCCN(CCCC)C(C(=O)N1CCCc2cc(Cl)ccc21)C(C)c1c[nH]c2ccccc12. The van der Waals surface area contributed by atoms with Crippen LogP contribution in [0.3, 0.4) is 0 Å².